The molecule has 0 amide bonds. The number of ether oxygens (including phenoxy) is 2. The van der Waals surface area contributed by atoms with Gasteiger partial charge in [0.15, 0.2) is 0 Å². The van der Waals surface area contributed by atoms with Crippen molar-refractivity contribution in [3.05, 3.63) is 65.7 Å². The molecule has 94 valence electrons. The second-order valence-electron chi connectivity index (χ2n) is 4.16. The van der Waals surface area contributed by atoms with E-state index in [2.05, 4.69) is 24.3 Å². The van der Waals surface area contributed by atoms with E-state index in [9.17, 15) is 0 Å². The molecular formula is C16H18O2. The van der Waals surface area contributed by atoms with E-state index in [1.165, 1.54) is 11.1 Å². The van der Waals surface area contributed by atoms with Crippen LogP contribution in [0.2, 0.25) is 0 Å². The highest BCUT2D eigenvalue weighted by Gasteiger charge is 1.98. The third-order valence-corrected chi connectivity index (χ3v) is 2.74. The van der Waals surface area contributed by atoms with Crippen LogP contribution in [0.4, 0.5) is 0 Å². The summed E-state index contributed by atoms with van der Waals surface area (Å²) in [5.41, 5.74) is 2.42. The second kappa shape index (κ2) is 6.82. The third-order valence-electron chi connectivity index (χ3n) is 2.74. The molecular weight excluding hydrogens is 224 g/mol. The summed E-state index contributed by atoms with van der Waals surface area (Å²) >= 11 is 0. The molecule has 0 unspecified atom stereocenters. The maximum atomic E-state index is 5.77. The van der Waals surface area contributed by atoms with Gasteiger partial charge >= 0.3 is 0 Å². The summed E-state index contributed by atoms with van der Waals surface area (Å²) in [6.45, 7) is 1.34. The van der Waals surface area contributed by atoms with Crippen LogP contribution in [0, 0.1) is 0 Å². The predicted octanol–water partition coefficient (Wildman–Crippen LogP) is 3.45. The van der Waals surface area contributed by atoms with Gasteiger partial charge in [-0.05, 0) is 29.7 Å². The topological polar surface area (TPSA) is 18.5 Å². The summed E-state index contributed by atoms with van der Waals surface area (Å²) in [5.74, 6) is 0.910. The molecule has 0 saturated heterocycles. The molecule has 2 aromatic carbocycles. The smallest absolute Gasteiger partial charge is 0.120 e. The molecule has 0 bridgehead atoms. The van der Waals surface area contributed by atoms with Crippen LogP contribution in [-0.4, -0.2) is 13.7 Å². The number of hydrogen-bond donors (Lipinski definition) is 0. The molecule has 0 saturated carbocycles. The van der Waals surface area contributed by atoms with Gasteiger partial charge in [0, 0.05) is 7.11 Å². The van der Waals surface area contributed by atoms with Crippen LogP contribution < -0.4 is 4.74 Å². The van der Waals surface area contributed by atoms with Crippen molar-refractivity contribution < 1.29 is 9.47 Å². The van der Waals surface area contributed by atoms with Crippen LogP contribution >= 0.6 is 0 Å². The number of benzene rings is 2. The lowest BCUT2D eigenvalue weighted by atomic mass is 10.1. The Morgan fingerprint density at radius 2 is 1.67 bits per heavy atom. The Kier molecular flexibility index (Phi) is 4.79. The molecule has 0 aromatic heterocycles. The minimum atomic E-state index is 0.606. The van der Waals surface area contributed by atoms with Crippen molar-refractivity contribution in [2.24, 2.45) is 0 Å². The normalized spacial score (nSPS) is 10.3. The van der Waals surface area contributed by atoms with Crippen LogP contribution in [0.3, 0.4) is 0 Å². The summed E-state index contributed by atoms with van der Waals surface area (Å²) < 4.78 is 10.8. The predicted molar refractivity (Wildman–Crippen MR) is 72.8 cm³/mol. The van der Waals surface area contributed by atoms with Crippen molar-refractivity contribution in [1.82, 2.24) is 0 Å². The molecule has 0 radical (unpaired) electrons. The first-order valence-electron chi connectivity index (χ1n) is 6.13. The highest BCUT2D eigenvalue weighted by Crippen LogP contribution is 2.15. The molecule has 18 heavy (non-hydrogen) atoms. The SMILES string of the molecule is COCCc1cccc(OCc2ccccc2)c1. The van der Waals surface area contributed by atoms with Crippen molar-refractivity contribution >= 4 is 0 Å². The summed E-state index contributed by atoms with van der Waals surface area (Å²) in [6.07, 6.45) is 0.916. The Hall–Kier alpha value is -1.80. The van der Waals surface area contributed by atoms with E-state index >= 15 is 0 Å². The first-order chi connectivity index (χ1) is 8.88. The van der Waals surface area contributed by atoms with Crippen LogP contribution in [0.5, 0.6) is 5.75 Å². The standard InChI is InChI=1S/C16H18O2/c1-17-11-10-14-8-5-9-16(12-14)18-13-15-6-3-2-4-7-15/h2-9,12H,10-11,13H2,1H3. The van der Waals surface area contributed by atoms with Crippen molar-refractivity contribution in [1.29, 1.82) is 0 Å². The van der Waals surface area contributed by atoms with E-state index in [1.54, 1.807) is 7.11 Å². The molecule has 0 aliphatic carbocycles. The second-order valence-corrected chi connectivity index (χ2v) is 4.16. The van der Waals surface area contributed by atoms with Gasteiger partial charge in [0.1, 0.15) is 12.4 Å². The van der Waals surface area contributed by atoms with Crippen LogP contribution in [0.15, 0.2) is 54.6 Å². The summed E-state index contributed by atoms with van der Waals surface area (Å²) in [6, 6.07) is 18.3. The molecule has 0 spiro atoms. The zero-order chi connectivity index (χ0) is 12.6. The largest absolute Gasteiger partial charge is 0.489 e. The zero-order valence-corrected chi connectivity index (χ0v) is 10.6. The molecule has 0 heterocycles. The molecule has 2 aromatic rings. The summed E-state index contributed by atoms with van der Waals surface area (Å²) in [5, 5.41) is 0. The van der Waals surface area contributed by atoms with Crippen LogP contribution in [0.25, 0.3) is 0 Å². The molecule has 0 atom stereocenters. The molecule has 0 aliphatic rings. The lowest BCUT2D eigenvalue weighted by molar-refractivity contribution is 0.202. The molecule has 2 rings (SSSR count). The van der Waals surface area contributed by atoms with Crippen molar-refractivity contribution in [3.8, 4) is 5.75 Å². The summed E-state index contributed by atoms with van der Waals surface area (Å²) in [7, 11) is 1.72. The minimum Gasteiger partial charge on any atom is -0.489 e. The van der Waals surface area contributed by atoms with E-state index in [0.717, 1.165) is 18.8 Å². The van der Waals surface area contributed by atoms with E-state index in [0.29, 0.717) is 6.61 Å². The fourth-order valence-electron chi connectivity index (χ4n) is 1.75. The van der Waals surface area contributed by atoms with E-state index in [4.69, 9.17) is 9.47 Å². The van der Waals surface area contributed by atoms with Gasteiger partial charge in [0.05, 0.1) is 6.61 Å². The number of hydrogen-bond acceptors (Lipinski definition) is 2. The van der Waals surface area contributed by atoms with Gasteiger partial charge in [0.2, 0.25) is 0 Å². The van der Waals surface area contributed by atoms with Crippen molar-refractivity contribution in [2.45, 2.75) is 13.0 Å². The summed E-state index contributed by atoms with van der Waals surface area (Å²) in [4.78, 5) is 0. The van der Waals surface area contributed by atoms with Crippen molar-refractivity contribution in [2.75, 3.05) is 13.7 Å². The Balaban J connectivity index is 1.93. The molecule has 2 nitrogen and oxygen atoms in total. The van der Waals surface area contributed by atoms with Gasteiger partial charge in [-0.2, -0.15) is 0 Å². The molecule has 0 aliphatic heterocycles. The fourth-order valence-corrected chi connectivity index (χ4v) is 1.75. The van der Waals surface area contributed by atoms with E-state index in [-0.39, 0.29) is 0 Å². The number of methoxy groups -OCH3 is 1. The van der Waals surface area contributed by atoms with Gasteiger partial charge in [-0.1, -0.05) is 42.5 Å². The Labute approximate surface area is 108 Å². The highest BCUT2D eigenvalue weighted by atomic mass is 16.5. The van der Waals surface area contributed by atoms with Gasteiger partial charge in [-0.25, -0.2) is 0 Å². The molecule has 0 fully saturated rings. The Bertz CT molecular complexity index is 466. The first kappa shape index (κ1) is 12.7. The third kappa shape index (κ3) is 3.90. The lowest BCUT2D eigenvalue weighted by Gasteiger charge is -2.08. The maximum absolute atomic E-state index is 5.77. The lowest BCUT2D eigenvalue weighted by Crippen LogP contribution is -1.97. The first-order valence-corrected chi connectivity index (χ1v) is 6.13. The minimum absolute atomic E-state index is 0.606. The van der Waals surface area contributed by atoms with Gasteiger partial charge < -0.3 is 9.47 Å². The average Bonchev–Trinajstić information content (AvgIpc) is 2.44. The fraction of sp³-hybridized carbons (Fsp3) is 0.250. The van der Waals surface area contributed by atoms with Gasteiger partial charge in [-0.15, -0.1) is 0 Å². The Morgan fingerprint density at radius 1 is 0.889 bits per heavy atom. The maximum Gasteiger partial charge on any atom is 0.120 e. The average molecular weight is 242 g/mol. The van der Waals surface area contributed by atoms with Crippen molar-refractivity contribution in [3.63, 3.8) is 0 Å². The van der Waals surface area contributed by atoms with Crippen LogP contribution in [0.1, 0.15) is 11.1 Å². The number of rotatable bonds is 6. The van der Waals surface area contributed by atoms with Gasteiger partial charge in [0.25, 0.3) is 0 Å². The quantitative estimate of drug-likeness (QED) is 0.772. The zero-order valence-electron chi connectivity index (χ0n) is 10.6. The molecule has 2 heteroatoms. The highest BCUT2D eigenvalue weighted by molar-refractivity contribution is 5.29. The van der Waals surface area contributed by atoms with Crippen LogP contribution in [-0.2, 0) is 17.8 Å². The molecule has 0 N–H and O–H groups in total. The van der Waals surface area contributed by atoms with Gasteiger partial charge in [-0.3, -0.25) is 0 Å². The monoisotopic (exact) mass is 242 g/mol. The van der Waals surface area contributed by atoms with E-state index in [1.807, 2.05) is 30.3 Å². The van der Waals surface area contributed by atoms with E-state index < -0.39 is 0 Å². The Morgan fingerprint density at radius 3 is 2.44 bits per heavy atom.